The Balaban J connectivity index is 2.37. The van der Waals surface area contributed by atoms with E-state index in [4.69, 9.17) is 9.47 Å². The molecule has 0 spiro atoms. The molecule has 0 N–H and O–H groups in total. The number of esters is 1. The highest BCUT2D eigenvalue weighted by Gasteiger charge is 2.34. The van der Waals surface area contributed by atoms with Crippen LogP contribution in [0.15, 0.2) is 0 Å². The lowest BCUT2D eigenvalue weighted by molar-refractivity contribution is -0.159. The third-order valence-corrected chi connectivity index (χ3v) is 1.98. The van der Waals surface area contributed by atoms with Crippen LogP contribution in [0.2, 0.25) is 0 Å². The summed E-state index contributed by atoms with van der Waals surface area (Å²) in [6, 6.07) is 0. The molecule has 0 radical (unpaired) electrons. The first kappa shape index (κ1) is 8.53. The zero-order valence-corrected chi connectivity index (χ0v) is 7.22. The predicted molar refractivity (Wildman–Crippen MR) is 39.9 cm³/mol. The Hall–Kier alpha value is -0.570. The highest BCUT2D eigenvalue weighted by atomic mass is 16.8. The zero-order valence-electron chi connectivity index (χ0n) is 7.22. The van der Waals surface area contributed by atoms with Crippen LogP contribution in [0.4, 0.5) is 0 Å². The molecule has 64 valence electrons. The molecule has 0 amide bonds. The van der Waals surface area contributed by atoms with E-state index in [9.17, 15) is 4.79 Å². The van der Waals surface area contributed by atoms with E-state index in [-0.39, 0.29) is 17.7 Å². The number of ether oxygens (including phenoxy) is 2. The molecular formula is C8H14O3. The molecule has 11 heavy (non-hydrogen) atoms. The number of rotatable bonds is 3. The number of hydrogen-bond acceptors (Lipinski definition) is 3. The van der Waals surface area contributed by atoms with Crippen molar-refractivity contribution in [1.29, 1.82) is 0 Å². The Bertz CT molecular complexity index is 159. The van der Waals surface area contributed by atoms with E-state index in [2.05, 4.69) is 0 Å². The minimum Gasteiger partial charge on any atom is -0.433 e. The van der Waals surface area contributed by atoms with Gasteiger partial charge in [-0.05, 0) is 20.3 Å². The number of carbonyl (C=O) groups is 1. The second kappa shape index (κ2) is 2.81. The summed E-state index contributed by atoms with van der Waals surface area (Å²) in [5.74, 6) is -0.164. The molecule has 1 fully saturated rings. The Kier molecular flexibility index (Phi) is 2.18. The van der Waals surface area contributed by atoms with Crippen LogP contribution in [0.25, 0.3) is 0 Å². The van der Waals surface area contributed by atoms with E-state index in [1.54, 1.807) is 0 Å². The Labute approximate surface area is 66.7 Å². The first-order chi connectivity index (χ1) is 5.06. The van der Waals surface area contributed by atoms with Crippen LogP contribution in [0.5, 0.6) is 0 Å². The normalized spacial score (nSPS) is 23.0. The van der Waals surface area contributed by atoms with Crippen LogP contribution in [-0.4, -0.2) is 18.9 Å². The number of hydrogen-bond donors (Lipinski definition) is 0. The van der Waals surface area contributed by atoms with Gasteiger partial charge in [-0.25, -0.2) is 0 Å². The SMILES string of the molecule is CCC(C)(C)C(=O)OC1CO1. The second-order valence-electron chi connectivity index (χ2n) is 3.41. The largest absolute Gasteiger partial charge is 0.433 e. The molecule has 3 nitrogen and oxygen atoms in total. The molecule has 0 aromatic heterocycles. The average molecular weight is 158 g/mol. The van der Waals surface area contributed by atoms with Crippen molar-refractivity contribution >= 4 is 5.97 Å². The molecule has 0 aromatic rings. The van der Waals surface area contributed by atoms with E-state index in [0.29, 0.717) is 6.61 Å². The standard InChI is InChI=1S/C8H14O3/c1-4-8(2,3)7(9)11-6-5-10-6/h6H,4-5H2,1-3H3. The van der Waals surface area contributed by atoms with E-state index >= 15 is 0 Å². The summed E-state index contributed by atoms with van der Waals surface area (Å²) >= 11 is 0. The van der Waals surface area contributed by atoms with Crippen molar-refractivity contribution in [3.63, 3.8) is 0 Å². The highest BCUT2D eigenvalue weighted by Crippen LogP contribution is 2.24. The molecule has 1 rings (SSSR count). The summed E-state index contributed by atoms with van der Waals surface area (Å²) in [4.78, 5) is 11.2. The van der Waals surface area contributed by atoms with Crippen LogP contribution < -0.4 is 0 Å². The summed E-state index contributed by atoms with van der Waals surface area (Å²) < 4.78 is 9.73. The van der Waals surface area contributed by atoms with Crippen molar-refractivity contribution in [3.05, 3.63) is 0 Å². The van der Waals surface area contributed by atoms with E-state index in [1.165, 1.54) is 0 Å². The lowest BCUT2D eigenvalue weighted by Gasteiger charge is -2.19. The maximum atomic E-state index is 11.2. The van der Waals surface area contributed by atoms with Gasteiger partial charge in [0.05, 0.1) is 5.41 Å². The molecule has 0 bridgehead atoms. The first-order valence-electron chi connectivity index (χ1n) is 3.89. The van der Waals surface area contributed by atoms with Gasteiger partial charge >= 0.3 is 5.97 Å². The van der Waals surface area contributed by atoms with Gasteiger partial charge in [0.25, 0.3) is 0 Å². The van der Waals surface area contributed by atoms with Crippen molar-refractivity contribution in [3.8, 4) is 0 Å². The Morgan fingerprint density at radius 3 is 2.64 bits per heavy atom. The zero-order chi connectivity index (χ0) is 8.48. The van der Waals surface area contributed by atoms with Crippen molar-refractivity contribution in [2.75, 3.05) is 6.61 Å². The summed E-state index contributed by atoms with van der Waals surface area (Å²) in [6.45, 7) is 6.27. The molecular weight excluding hydrogens is 144 g/mol. The predicted octanol–water partition coefficient (Wildman–Crippen LogP) is 1.32. The molecule has 0 saturated carbocycles. The summed E-state index contributed by atoms with van der Waals surface area (Å²) in [7, 11) is 0. The number of epoxide rings is 1. The van der Waals surface area contributed by atoms with Crippen molar-refractivity contribution in [1.82, 2.24) is 0 Å². The van der Waals surface area contributed by atoms with Crippen LogP contribution in [0.3, 0.4) is 0 Å². The maximum Gasteiger partial charge on any atom is 0.313 e. The molecule has 1 heterocycles. The van der Waals surface area contributed by atoms with Gasteiger partial charge in [0.15, 0.2) is 0 Å². The van der Waals surface area contributed by atoms with Crippen LogP contribution in [0.1, 0.15) is 27.2 Å². The minimum absolute atomic E-state index is 0.164. The first-order valence-corrected chi connectivity index (χ1v) is 3.89. The maximum absolute atomic E-state index is 11.2. The van der Waals surface area contributed by atoms with Gasteiger partial charge in [0.2, 0.25) is 6.29 Å². The average Bonchev–Trinajstić information content (AvgIpc) is 2.72. The smallest absolute Gasteiger partial charge is 0.313 e. The summed E-state index contributed by atoms with van der Waals surface area (Å²) in [6.07, 6.45) is 0.534. The van der Waals surface area contributed by atoms with Gasteiger partial charge in [0.1, 0.15) is 6.61 Å². The molecule has 0 aliphatic carbocycles. The van der Waals surface area contributed by atoms with Crippen LogP contribution in [0, 0.1) is 5.41 Å². The van der Waals surface area contributed by atoms with Gasteiger partial charge in [-0.2, -0.15) is 0 Å². The number of carbonyl (C=O) groups excluding carboxylic acids is 1. The molecule has 3 heteroatoms. The lowest BCUT2D eigenvalue weighted by Crippen LogP contribution is -2.26. The molecule has 1 atom stereocenters. The quantitative estimate of drug-likeness (QED) is 0.459. The van der Waals surface area contributed by atoms with Gasteiger partial charge in [0, 0.05) is 0 Å². The Morgan fingerprint density at radius 2 is 2.27 bits per heavy atom. The van der Waals surface area contributed by atoms with Crippen molar-refractivity contribution < 1.29 is 14.3 Å². The fourth-order valence-corrected chi connectivity index (χ4v) is 0.531. The van der Waals surface area contributed by atoms with E-state index in [1.807, 2.05) is 20.8 Å². The summed E-state index contributed by atoms with van der Waals surface area (Å²) in [5, 5.41) is 0. The molecule has 1 saturated heterocycles. The molecule has 1 aliphatic heterocycles. The van der Waals surface area contributed by atoms with Gasteiger partial charge < -0.3 is 9.47 Å². The topological polar surface area (TPSA) is 38.8 Å². The van der Waals surface area contributed by atoms with Crippen molar-refractivity contribution in [2.24, 2.45) is 5.41 Å². The van der Waals surface area contributed by atoms with Crippen molar-refractivity contribution in [2.45, 2.75) is 33.5 Å². The van der Waals surface area contributed by atoms with E-state index < -0.39 is 0 Å². The molecule has 0 aromatic carbocycles. The fraction of sp³-hybridized carbons (Fsp3) is 0.875. The van der Waals surface area contributed by atoms with Gasteiger partial charge in [-0.1, -0.05) is 6.92 Å². The lowest BCUT2D eigenvalue weighted by atomic mass is 9.91. The minimum atomic E-state index is -0.369. The van der Waals surface area contributed by atoms with Crippen LogP contribution >= 0.6 is 0 Å². The third-order valence-electron chi connectivity index (χ3n) is 1.98. The highest BCUT2D eigenvalue weighted by molar-refractivity contribution is 5.76. The molecule has 1 aliphatic rings. The summed E-state index contributed by atoms with van der Waals surface area (Å²) in [5.41, 5.74) is -0.369. The third kappa shape index (κ3) is 2.19. The van der Waals surface area contributed by atoms with Gasteiger partial charge in [-0.3, -0.25) is 4.79 Å². The Morgan fingerprint density at radius 1 is 1.73 bits per heavy atom. The van der Waals surface area contributed by atoms with Gasteiger partial charge in [-0.15, -0.1) is 0 Å². The molecule has 1 unspecified atom stereocenters. The van der Waals surface area contributed by atoms with E-state index in [0.717, 1.165) is 6.42 Å². The monoisotopic (exact) mass is 158 g/mol. The fourth-order valence-electron chi connectivity index (χ4n) is 0.531. The van der Waals surface area contributed by atoms with Crippen LogP contribution in [-0.2, 0) is 14.3 Å². The second-order valence-corrected chi connectivity index (χ2v) is 3.41.